The Balaban J connectivity index is 0.000000418. The summed E-state index contributed by atoms with van der Waals surface area (Å²) in [5.41, 5.74) is -1.32. The second-order valence-electron chi connectivity index (χ2n) is 16.7. The van der Waals surface area contributed by atoms with Crippen molar-refractivity contribution in [2.45, 2.75) is 137 Å². The molecule has 0 spiro atoms. The van der Waals surface area contributed by atoms with Gasteiger partial charge in [-0.3, -0.25) is 0 Å². The normalized spacial score (nSPS) is 19.2. The third kappa shape index (κ3) is 16.0. The van der Waals surface area contributed by atoms with Gasteiger partial charge in [-0.2, -0.15) is 15.8 Å². The summed E-state index contributed by atoms with van der Waals surface area (Å²) in [6.07, 6.45) is 5.15. The first-order valence-corrected chi connectivity index (χ1v) is 20.5. The van der Waals surface area contributed by atoms with E-state index in [9.17, 15) is 14.9 Å². The Kier molecular flexibility index (Phi) is 16.9. The molecule has 0 unspecified atom stereocenters. The molecule has 0 radical (unpaired) electrons. The smallest absolute Gasteiger partial charge is 0.410 e. The first-order chi connectivity index (χ1) is 22.1. The summed E-state index contributed by atoms with van der Waals surface area (Å²) in [6.45, 7) is 27.4. The minimum Gasteiger partial charge on any atom is -0.444 e. The first-order valence-electron chi connectivity index (χ1n) is 17.6. The van der Waals surface area contributed by atoms with Crippen molar-refractivity contribution in [1.29, 1.82) is 15.8 Å². The third-order valence-electron chi connectivity index (χ3n) is 9.31. The van der Waals surface area contributed by atoms with Crippen LogP contribution in [0.5, 0.6) is 0 Å². The van der Waals surface area contributed by atoms with Gasteiger partial charge < -0.3 is 29.0 Å². The quantitative estimate of drug-likeness (QED) is 0.294. The van der Waals surface area contributed by atoms with E-state index < -0.39 is 19.5 Å². The Morgan fingerprint density at radius 1 is 0.750 bits per heavy atom. The van der Waals surface area contributed by atoms with Gasteiger partial charge in [-0.05, 0) is 118 Å². The van der Waals surface area contributed by atoms with E-state index in [1.807, 2.05) is 41.5 Å². The number of nitriles is 3. The van der Waals surface area contributed by atoms with E-state index in [1.54, 1.807) is 9.80 Å². The SMILES string of the molecule is CC(C)(C)OC(=O)N1CCC(C#N)(CCO[Si](C)(C)C(C)(C)C)CC1.CC(C)(C)OC(=O)N1CCC(C#N)CC1.N#CC1CCNCC1. The van der Waals surface area contributed by atoms with Crippen LogP contribution in [0, 0.1) is 51.2 Å². The molecule has 48 heavy (non-hydrogen) atoms. The van der Waals surface area contributed by atoms with E-state index in [0.29, 0.717) is 51.5 Å². The molecule has 12 heteroatoms. The highest BCUT2D eigenvalue weighted by Crippen LogP contribution is 2.39. The van der Waals surface area contributed by atoms with Crippen LogP contribution in [0.15, 0.2) is 0 Å². The number of carbonyl (C=O) groups is 2. The van der Waals surface area contributed by atoms with Crippen LogP contribution < -0.4 is 5.32 Å². The fourth-order valence-corrected chi connectivity index (χ4v) is 6.09. The number of piperidine rings is 3. The maximum absolute atomic E-state index is 12.2. The Hall–Kier alpha value is -2.85. The van der Waals surface area contributed by atoms with Crippen LogP contribution in [-0.4, -0.2) is 87.4 Å². The highest BCUT2D eigenvalue weighted by molar-refractivity contribution is 6.74. The molecule has 3 saturated heterocycles. The number of likely N-dealkylation sites (tertiary alicyclic amines) is 2. The average molecular weight is 689 g/mol. The van der Waals surface area contributed by atoms with Gasteiger partial charge >= 0.3 is 12.2 Å². The van der Waals surface area contributed by atoms with Crippen molar-refractivity contribution < 1.29 is 23.5 Å². The van der Waals surface area contributed by atoms with Crippen LogP contribution >= 0.6 is 0 Å². The Morgan fingerprint density at radius 2 is 1.17 bits per heavy atom. The molecule has 3 aliphatic heterocycles. The lowest BCUT2D eigenvalue weighted by molar-refractivity contribution is 0.0131. The van der Waals surface area contributed by atoms with Crippen LogP contribution in [0.2, 0.25) is 18.1 Å². The number of carbonyl (C=O) groups excluding carboxylic acids is 2. The second-order valence-corrected chi connectivity index (χ2v) is 21.6. The van der Waals surface area contributed by atoms with Gasteiger partial charge in [-0.1, -0.05) is 20.8 Å². The fraction of sp³-hybridized carbons (Fsp3) is 0.861. The highest BCUT2D eigenvalue weighted by Gasteiger charge is 2.40. The van der Waals surface area contributed by atoms with E-state index in [1.165, 1.54) is 0 Å². The fourth-order valence-electron chi connectivity index (χ4n) is 5.05. The molecule has 0 aromatic heterocycles. The van der Waals surface area contributed by atoms with Crippen molar-refractivity contribution in [3.63, 3.8) is 0 Å². The molecule has 0 atom stereocenters. The molecule has 0 aliphatic carbocycles. The van der Waals surface area contributed by atoms with Crippen LogP contribution in [0.4, 0.5) is 9.59 Å². The molecule has 0 saturated carbocycles. The Morgan fingerprint density at radius 3 is 1.52 bits per heavy atom. The van der Waals surface area contributed by atoms with E-state index >= 15 is 0 Å². The number of nitrogens with one attached hydrogen (secondary N) is 1. The van der Waals surface area contributed by atoms with Crippen molar-refractivity contribution in [2.75, 3.05) is 45.9 Å². The molecule has 2 amide bonds. The zero-order valence-corrected chi connectivity index (χ0v) is 32.8. The van der Waals surface area contributed by atoms with Gasteiger partial charge in [-0.15, -0.1) is 0 Å². The molecule has 3 rings (SSSR count). The van der Waals surface area contributed by atoms with Crippen LogP contribution in [0.1, 0.15) is 107 Å². The minimum absolute atomic E-state index is 0.101. The van der Waals surface area contributed by atoms with E-state index in [0.717, 1.165) is 45.2 Å². The monoisotopic (exact) mass is 688 g/mol. The van der Waals surface area contributed by atoms with Crippen molar-refractivity contribution in [1.82, 2.24) is 15.1 Å². The molecular formula is C36H64N6O5Si. The summed E-state index contributed by atoms with van der Waals surface area (Å²) in [5.74, 6) is 0.430. The zero-order valence-electron chi connectivity index (χ0n) is 31.8. The number of amides is 2. The summed E-state index contributed by atoms with van der Waals surface area (Å²) in [6, 6.07) is 7.00. The summed E-state index contributed by atoms with van der Waals surface area (Å²) in [5, 5.41) is 30.2. The highest BCUT2D eigenvalue weighted by atomic mass is 28.4. The first kappa shape index (κ1) is 43.2. The van der Waals surface area contributed by atoms with Crippen molar-refractivity contribution in [2.24, 2.45) is 17.3 Å². The molecule has 3 fully saturated rings. The van der Waals surface area contributed by atoms with Crippen molar-refractivity contribution in [3.8, 4) is 18.2 Å². The summed E-state index contributed by atoms with van der Waals surface area (Å²) in [7, 11) is -1.79. The van der Waals surface area contributed by atoms with Crippen LogP contribution in [0.25, 0.3) is 0 Å². The van der Waals surface area contributed by atoms with E-state index in [-0.39, 0.29) is 28.6 Å². The predicted molar refractivity (Wildman–Crippen MR) is 190 cm³/mol. The number of hydrogen-bond acceptors (Lipinski definition) is 9. The van der Waals surface area contributed by atoms with Gasteiger partial charge in [-0.25, -0.2) is 9.59 Å². The molecule has 0 aromatic carbocycles. The van der Waals surface area contributed by atoms with Crippen molar-refractivity contribution >= 4 is 20.5 Å². The second kappa shape index (κ2) is 18.8. The predicted octanol–water partition coefficient (Wildman–Crippen LogP) is 7.61. The standard InChI is InChI=1S/C19H36N2O3Si.C11H18N2O2.C6H10N2/c1-17(2,3)24-16(22)21-12-9-19(15-20,10-13-21)11-14-23-25(7,8)18(4,5)6;1-11(2,3)15-10(14)13-6-4-9(8-12)5-7-13;7-5-6-1-3-8-4-2-6/h9-14H2,1-8H3;9H,4-7H2,1-3H3;6,8H,1-4H2. The average Bonchev–Trinajstić information content (AvgIpc) is 3.00. The maximum atomic E-state index is 12.2. The van der Waals surface area contributed by atoms with Crippen LogP contribution in [-0.2, 0) is 13.9 Å². The number of hydrogen-bond donors (Lipinski definition) is 1. The van der Waals surface area contributed by atoms with Gasteiger partial charge in [0, 0.05) is 44.6 Å². The summed E-state index contributed by atoms with van der Waals surface area (Å²) < 4.78 is 16.9. The number of rotatable bonds is 4. The number of nitrogens with zero attached hydrogens (tertiary/aromatic N) is 5. The summed E-state index contributed by atoms with van der Waals surface area (Å²) in [4.78, 5) is 27.2. The largest absolute Gasteiger partial charge is 0.444 e. The van der Waals surface area contributed by atoms with E-state index in [2.05, 4.69) is 57.4 Å². The molecule has 1 N–H and O–H groups in total. The molecule has 3 aliphatic rings. The lowest BCUT2D eigenvalue weighted by Gasteiger charge is -2.40. The third-order valence-corrected chi connectivity index (χ3v) is 13.8. The molecule has 0 bridgehead atoms. The lowest BCUT2D eigenvalue weighted by atomic mass is 9.77. The number of ether oxygens (including phenoxy) is 2. The molecule has 272 valence electrons. The molecule has 0 aromatic rings. The van der Waals surface area contributed by atoms with E-state index in [4.69, 9.17) is 24.4 Å². The lowest BCUT2D eigenvalue weighted by Crippen LogP contribution is -2.46. The van der Waals surface area contributed by atoms with Gasteiger partial charge in [0.15, 0.2) is 8.32 Å². The van der Waals surface area contributed by atoms with Gasteiger partial charge in [0.25, 0.3) is 0 Å². The molecule has 11 nitrogen and oxygen atoms in total. The topological polar surface area (TPSA) is 152 Å². The van der Waals surface area contributed by atoms with Crippen molar-refractivity contribution in [3.05, 3.63) is 0 Å². The van der Waals surface area contributed by atoms with Gasteiger partial charge in [0.2, 0.25) is 0 Å². The Bertz CT molecular complexity index is 1130. The minimum atomic E-state index is -1.79. The van der Waals surface area contributed by atoms with Gasteiger partial charge in [0.05, 0.1) is 23.6 Å². The van der Waals surface area contributed by atoms with Crippen LogP contribution in [0.3, 0.4) is 0 Å². The zero-order chi connectivity index (χ0) is 36.8. The Labute approximate surface area is 292 Å². The van der Waals surface area contributed by atoms with Gasteiger partial charge in [0.1, 0.15) is 11.2 Å². The molecule has 3 heterocycles. The molecular weight excluding hydrogens is 625 g/mol. The maximum Gasteiger partial charge on any atom is 0.410 e. The summed E-state index contributed by atoms with van der Waals surface area (Å²) >= 11 is 0.